The molecular formula is C15H15N3O3S. The van der Waals surface area contributed by atoms with E-state index >= 15 is 0 Å². The molecule has 2 rings (SSSR count). The number of benzene rings is 2. The maximum Gasteiger partial charge on any atom is 0.425 e. The number of hydrogen-bond donors (Lipinski definition) is 3. The van der Waals surface area contributed by atoms with Gasteiger partial charge in [0, 0.05) is 0 Å². The summed E-state index contributed by atoms with van der Waals surface area (Å²) in [4.78, 5) is 22.9. The van der Waals surface area contributed by atoms with E-state index in [1.165, 1.54) is 7.11 Å². The number of ether oxygens (including phenoxy) is 1. The van der Waals surface area contributed by atoms with Gasteiger partial charge >= 0.3 is 6.09 Å². The summed E-state index contributed by atoms with van der Waals surface area (Å²) in [6, 6.07) is 13.6. The van der Waals surface area contributed by atoms with E-state index in [0.717, 1.165) is 16.3 Å². The second-order valence-electron chi connectivity index (χ2n) is 4.43. The lowest BCUT2D eigenvalue weighted by atomic mass is 10.0. The van der Waals surface area contributed by atoms with Crippen molar-refractivity contribution >= 4 is 40.1 Å². The van der Waals surface area contributed by atoms with Gasteiger partial charge in [-0.1, -0.05) is 42.5 Å². The first kappa shape index (κ1) is 15.7. The Balaban J connectivity index is 1.96. The molecule has 0 aromatic heterocycles. The van der Waals surface area contributed by atoms with Crippen molar-refractivity contribution in [3.63, 3.8) is 0 Å². The molecule has 0 atom stereocenters. The van der Waals surface area contributed by atoms with Crippen LogP contribution < -0.4 is 16.2 Å². The molecule has 0 aliphatic heterocycles. The Bertz CT molecular complexity index is 713. The molecule has 0 aliphatic carbocycles. The first-order valence-corrected chi connectivity index (χ1v) is 6.91. The van der Waals surface area contributed by atoms with Gasteiger partial charge in [-0.3, -0.25) is 10.2 Å². The Labute approximate surface area is 132 Å². The van der Waals surface area contributed by atoms with Crippen molar-refractivity contribution in [1.29, 1.82) is 0 Å². The average Bonchev–Trinajstić information content (AvgIpc) is 2.53. The molecule has 0 aliphatic rings. The molecule has 0 spiro atoms. The molecule has 7 heteroatoms. The fourth-order valence-corrected chi connectivity index (χ4v) is 2.15. The molecule has 0 saturated carbocycles. The highest BCUT2D eigenvalue weighted by Crippen LogP contribution is 2.18. The highest BCUT2D eigenvalue weighted by molar-refractivity contribution is 7.80. The van der Waals surface area contributed by atoms with E-state index in [1.807, 2.05) is 42.5 Å². The lowest BCUT2D eigenvalue weighted by molar-refractivity contribution is -0.119. The molecule has 0 radical (unpaired) electrons. The lowest BCUT2D eigenvalue weighted by Gasteiger charge is -2.10. The third-order valence-electron chi connectivity index (χ3n) is 2.95. The Hall–Kier alpha value is -2.67. The van der Waals surface area contributed by atoms with Crippen molar-refractivity contribution in [3.8, 4) is 0 Å². The van der Waals surface area contributed by atoms with Gasteiger partial charge in [0.2, 0.25) is 5.91 Å². The molecule has 22 heavy (non-hydrogen) atoms. The van der Waals surface area contributed by atoms with Crippen LogP contribution in [0.3, 0.4) is 0 Å². The largest absolute Gasteiger partial charge is 0.452 e. The summed E-state index contributed by atoms with van der Waals surface area (Å²) in [5, 5.41) is 4.57. The number of carbonyl (C=O) groups is 2. The highest BCUT2D eigenvalue weighted by Gasteiger charge is 2.09. The molecule has 0 fully saturated rings. The molecule has 2 aromatic rings. The van der Waals surface area contributed by atoms with Crippen LogP contribution in [0.1, 0.15) is 5.56 Å². The van der Waals surface area contributed by atoms with E-state index in [1.54, 1.807) is 0 Å². The number of rotatable bonds is 2. The quantitative estimate of drug-likeness (QED) is 0.580. The SMILES string of the molecule is COC(=O)NNC(=S)NC(=O)Cc1cccc2ccccc12. The Morgan fingerprint density at radius 3 is 2.59 bits per heavy atom. The highest BCUT2D eigenvalue weighted by atomic mass is 32.1. The summed E-state index contributed by atoms with van der Waals surface area (Å²) in [6.45, 7) is 0. The third-order valence-corrected chi connectivity index (χ3v) is 3.15. The summed E-state index contributed by atoms with van der Waals surface area (Å²) >= 11 is 4.90. The number of amides is 2. The van der Waals surface area contributed by atoms with Crippen LogP contribution >= 0.6 is 12.2 Å². The summed E-state index contributed by atoms with van der Waals surface area (Å²) in [6.07, 6.45) is -0.521. The second-order valence-corrected chi connectivity index (χ2v) is 4.84. The predicted octanol–water partition coefficient (Wildman–Crippen LogP) is 1.64. The van der Waals surface area contributed by atoms with E-state index in [2.05, 4.69) is 20.9 Å². The van der Waals surface area contributed by atoms with Gasteiger partial charge in [-0.25, -0.2) is 10.2 Å². The summed E-state index contributed by atoms with van der Waals surface area (Å²) in [5.41, 5.74) is 5.43. The fraction of sp³-hybridized carbons (Fsp3) is 0.133. The Morgan fingerprint density at radius 1 is 1.09 bits per heavy atom. The standard InChI is InChI=1S/C15H15N3O3S/c1-21-15(20)18-17-14(22)16-13(19)9-11-7-4-6-10-5-2-3-8-12(10)11/h2-8H,9H2,1H3,(H,18,20)(H2,16,17,19,22). The topological polar surface area (TPSA) is 79.5 Å². The second kappa shape index (κ2) is 7.37. The molecule has 2 aromatic carbocycles. The van der Waals surface area contributed by atoms with Crippen molar-refractivity contribution in [2.45, 2.75) is 6.42 Å². The van der Waals surface area contributed by atoms with Crippen molar-refractivity contribution in [1.82, 2.24) is 16.2 Å². The van der Waals surface area contributed by atoms with Crippen LogP contribution in [0.5, 0.6) is 0 Å². The molecular weight excluding hydrogens is 302 g/mol. The number of hydrogen-bond acceptors (Lipinski definition) is 4. The lowest BCUT2D eigenvalue weighted by Crippen LogP contribution is -2.48. The first-order chi connectivity index (χ1) is 10.6. The maximum absolute atomic E-state index is 12.0. The van der Waals surface area contributed by atoms with E-state index in [-0.39, 0.29) is 17.4 Å². The van der Waals surface area contributed by atoms with Gasteiger partial charge in [0.1, 0.15) is 0 Å². The van der Waals surface area contributed by atoms with Crippen molar-refractivity contribution in [2.75, 3.05) is 7.11 Å². The maximum atomic E-state index is 12.0. The van der Waals surface area contributed by atoms with E-state index < -0.39 is 6.09 Å². The zero-order valence-corrected chi connectivity index (χ0v) is 12.7. The van der Waals surface area contributed by atoms with Crippen LogP contribution in [0, 0.1) is 0 Å². The molecule has 6 nitrogen and oxygen atoms in total. The number of carbonyl (C=O) groups excluding carboxylic acids is 2. The van der Waals surface area contributed by atoms with Gasteiger partial charge in [0.15, 0.2) is 5.11 Å². The number of thiocarbonyl (C=S) groups is 1. The molecule has 3 N–H and O–H groups in total. The monoisotopic (exact) mass is 317 g/mol. The number of methoxy groups -OCH3 is 1. The van der Waals surface area contributed by atoms with E-state index in [4.69, 9.17) is 12.2 Å². The van der Waals surface area contributed by atoms with Gasteiger partial charge in [0.05, 0.1) is 13.5 Å². The predicted molar refractivity (Wildman–Crippen MR) is 87.1 cm³/mol. The Kier molecular flexibility index (Phi) is 5.26. The van der Waals surface area contributed by atoms with Gasteiger partial charge in [-0.15, -0.1) is 0 Å². The normalized spacial score (nSPS) is 9.86. The number of hydrazine groups is 1. The molecule has 0 unspecified atom stereocenters. The minimum absolute atomic E-state index is 0.00404. The molecule has 0 bridgehead atoms. The number of nitrogens with one attached hydrogen (secondary N) is 3. The van der Waals surface area contributed by atoms with Crippen LogP contribution in [0.4, 0.5) is 4.79 Å². The summed E-state index contributed by atoms with van der Waals surface area (Å²) in [5.74, 6) is -0.277. The number of fused-ring (bicyclic) bond motifs is 1. The van der Waals surface area contributed by atoms with Crippen LogP contribution in [0.25, 0.3) is 10.8 Å². The Morgan fingerprint density at radius 2 is 1.82 bits per heavy atom. The van der Waals surface area contributed by atoms with Gasteiger partial charge in [-0.2, -0.15) is 0 Å². The van der Waals surface area contributed by atoms with Gasteiger partial charge in [0.25, 0.3) is 0 Å². The van der Waals surface area contributed by atoms with Crippen LogP contribution in [0.15, 0.2) is 42.5 Å². The molecule has 114 valence electrons. The molecule has 0 heterocycles. The fourth-order valence-electron chi connectivity index (χ4n) is 1.98. The third kappa shape index (κ3) is 4.16. The van der Waals surface area contributed by atoms with E-state index in [0.29, 0.717) is 0 Å². The zero-order valence-electron chi connectivity index (χ0n) is 11.9. The molecule has 0 saturated heterocycles. The smallest absolute Gasteiger partial charge is 0.425 e. The van der Waals surface area contributed by atoms with Crippen LogP contribution in [-0.2, 0) is 16.0 Å². The van der Waals surface area contributed by atoms with Crippen LogP contribution in [0.2, 0.25) is 0 Å². The first-order valence-electron chi connectivity index (χ1n) is 6.50. The zero-order chi connectivity index (χ0) is 15.9. The minimum Gasteiger partial charge on any atom is -0.452 e. The molecule has 2 amide bonds. The minimum atomic E-state index is -0.703. The van der Waals surface area contributed by atoms with Gasteiger partial charge < -0.3 is 10.1 Å². The van der Waals surface area contributed by atoms with Crippen molar-refractivity contribution < 1.29 is 14.3 Å². The summed E-state index contributed by atoms with van der Waals surface area (Å²) in [7, 11) is 1.22. The van der Waals surface area contributed by atoms with Crippen molar-refractivity contribution in [3.05, 3.63) is 48.0 Å². The van der Waals surface area contributed by atoms with Crippen LogP contribution in [-0.4, -0.2) is 24.2 Å². The average molecular weight is 317 g/mol. The van der Waals surface area contributed by atoms with E-state index in [9.17, 15) is 9.59 Å². The van der Waals surface area contributed by atoms with Crippen molar-refractivity contribution in [2.24, 2.45) is 0 Å². The van der Waals surface area contributed by atoms with Gasteiger partial charge in [-0.05, 0) is 28.6 Å². The summed E-state index contributed by atoms with van der Waals surface area (Å²) < 4.78 is 4.36.